The summed E-state index contributed by atoms with van der Waals surface area (Å²) in [7, 11) is 1.54. The van der Waals surface area contributed by atoms with Crippen LogP contribution in [0.1, 0.15) is 20.9 Å². The molecule has 0 aliphatic heterocycles. The number of carbonyl (C=O) groups excluding carboxylic acids is 1. The van der Waals surface area contributed by atoms with Crippen LogP contribution < -0.4 is 14.8 Å². The summed E-state index contributed by atoms with van der Waals surface area (Å²) in [5.41, 5.74) is 3.94. The molecular formula is C20H17N3O3S3. The number of benzene rings is 1. The normalized spacial score (nSPS) is 10.7. The first-order valence-electron chi connectivity index (χ1n) is 8.64. The van der Waals surface area contributed by atoms with Gasteiger partial charge in [0.25, 0.3) is 5.91 Å². The maximum Gasteiger partial charge on any atom is 0.257 e. The smallest absolute Gasteiger partial charge is 0.257 e. The van der Waals surface area contributed by atoms with Gasteiger partial charge >= 0.3 is 0 Å². The first-order chi connectivity index (χ1) is 14.1. The number of aromatic nitrogens is 2. The van der Waals surface area contributed by atoms with Gasteiger partial charge in [-0.15, -0.1) is 34.0 Å². The van der Waals surface area contributed by atoms with Crippen molar-refractivity contribution in [3.8, 4) is 22.1 Å². The van der Waals surface area contributed by atoms with Crippen molar-refractivity contribution in [3.63, 3.8) is 0 Å². The average molecular weight is 444 g/mol. The van der Waals surface area contributed by atoms with E-state index < -0.39 is 0 Å². The molecule has 9 heteroatoms. The lowest BCUT2D eigenvalue weighted by molar-refractivity contribution is 0.102. The quantitative estimate of drug-likeness (QED) is 0.410. The highest BCUT2D eigenvalue weighted by Crippen LogP contribution is 2.32. The summed E-state index contributed by atoms with van der Waals surface area (Å²) >= 11 is 4.59. The van der Waals surface area contributed by atoms with Crippen LogP contribution in [0.15, 0.2) is 46.6 Å². The number of rotatable bonds is 7. The number of methoxy groups -OCH3 is 1. The SMILES string of the molecule is COc1cc(C(=O)Nc2nc(-c3ccc(C)s3)cs2)ccc1OCc1cscn1. The van der Waals surface area contributed by atoms with E-state index in [0.717, 1.165) is 16.3 Å². The van der Waals surface area contributed by atoms with Crippen LogP contribution in [0.3, 0.4) is 0 Å². The second-order valence-corrected chi connectivity index (χ2v) is 8.90. The molecule has 0 radical (unpaired) electrons. The number of hydrogen-bond acceptors (Lipinski definition) is 8. The highest BCUT2D eigenvalue weighted by molar-refractivity contribution is 7.17. The largest absolute Gasteiger partial charge is 0.493 e. The number of thiazole rings is 2. The van der Waals surface area contributed by atoms with Gasteiger partial charge in [0.1, 0.15) is 6.61 Å². The summed E-state index contributed by atoms with van der Waals surface area (Å²) in [6.07, 6.45) is 0. The van der Waals surface area contributed by atoms with Crippen molar-refractivity contribution in [2.75, 3.05) is 12.4 Å². The van der Waals surface area contributed by atoms with E-state index in [1.54, 1.807) is 42.2 Å². The molecule has 0 unspecified atom stereocenters. The Hall–Kier alpha value is -2.75. The zero-order valence-corrected chi connectivity index (χ0v) is 18.1. The van der Waals surface area contributed by atoms with Crippen LogP contribution in [-0.2, 0) is 6.61 Å². The molecule has 4 rings (SSSR count). The maximum absolute atomic E-state index is 12.6. The van der Waals surface area contributed by atoms with Gasteiger partial charge < -0.3 is 9.47 Å². The number of aryl methyl sites for hydroxylation is 1. The van der Waals surface area contributed by atoms with Crippen molar-refractivity contribution in [1.29, 1.82) is 0 Å². The molecule has 0 saturated heterocycles. The lowest BCUT2D eigenvalue weighted by Gasteiger charge is -2.11. The van der Waals surface area contributed by atoms with Crippen LogP contribution in [0.25, 0.3) is 10.6 Å². The highest BCUT2D eigenvalue weighted by atomic mass is 32.1. The van der Waals surface area contributed by atoms with Crippen LogP contribution >= 0.6 is 34.0 Å². The fourth-order valence-corrected chi connectivity index (χ4v) is 4.73. The van der Waals surface area contributed by atoms with E-state index in [4.69, 9.17) is 9.47 Å². The van der Waals surface area contributed by atoms with E-state index in [1.165, 1.54) is 27.6 Å². The molecule has 1 aromatic carbocycles. The fraction of sp³-hybridized carbons (Fsp3) is 0.150. The summed E-state index contributed by atoms with van der Waals surface area (Å²) in [4.78, 5) is 23.7. The van der Waals surface area contributed by atoms with E-state index >= 15 is 0 Å². The van der Waals surface area contributed by atoms with E-state index in [9.17, 15) is 4.79 Å². The number of ether oxygens (including phenoxy) is 2. The second kappa shape index (κ2) is 8.73. The molecule has 148 valence electrons. The van der Waals surface area contributed by atoms with Gasteiger partial charge in [-0.3, -0.25) is 10.1 Å². The van der Waals surface area contributed by atoms with Gasteiger partial charge in [-0.1, -0.05) is 0 Å². The van der Waals surface area contributed by atoms with Crippen molar-refractivity contribution in [1.82, 2.24) is 9.97 Å². The molecule has 4 aromatic rings. The molecule has 0 spiro atoms. The topological polar surface area (TPSA) is 73.3 Å². The Morgan fingerprint density at radius 1 is 1.17 bits per heavy atom. The third kappa shape index (κ3) is 4.64. The van der Waals surface area contributed by atoms with E-state index in [1.807, 2.05) is 16.8 Å². The van der Waals surface area contributed by atoms with Crippen LogP contribution in [-0.4, -0.2) is 23.0 Å². The fourth-order valence-electron chi connectivity index (χ4n) is 2.57. The molecule has 3 aromatic heterocycles. The minimum absolute atomic E-state index is 0.252. The summed E-state index contributed by atoms with van der Waals surface area (Å²) < 4.78 is 11.1. The van der Waals surface area contributed by atoms with Crippen molar-refractivity contribution in [2.45, 2.75) is 13.5 Å². The predicted octanol–water partition coefficient (Wildman–Crippen LogP) is 5.48. The van der Waals surface area contributed by atoms with E-state index in [0.29, 0.717) is 28.8 Å². The monoisotopic (exact) mass is 443 g/mol. The van der Waals surface area contributed by atoms with Crippen molar-refractivity contribution >= 4 is 45.0 Å². The van der Waals surface area contributed by atoms with Crippen LogP contribution in [0.2, 0.25) is 0 Å². The number of hydrogen-bond donors (Lipinski definition) is 1. The number of thiophene rings is 1. The highest BCUT2D eigenvalue weighted by Gasteiger charge is 2.14. The zero-order valence-electron chi connectivity index (χ0n) is 15.7. The van der Waals surface area contributed by atoms with Gasteiger partial charge in [0.2, 0.25) is 0 Å². The summed E-state index contributed by atoms with van der Waals surface area (Å²) in [6.45, 7) is 2.40. The predicted molar refractivity (Wildman–Crippen MR) is 118 cm³/mol. The van der Waals surface area contributed by atoms with Gasteiger partial charge in [0.05, 0.1) is 28.9 Å². The lowest BCUT2D eigenvalue weighted by Crippen LogP contribution is -2.12. The van der Waals surface area contributed by atoms with Crippen molar-refractivity contribution in [3.05, 3.63) is 62.7 Å². The van der Waals surface area contributed by atoms with Gasteiger partial charge in [0.15, 0.2) is 16.6 Å². The number of amides is 1. The van der Waals surface area contributed by atoms with Crippen LogP contribution in [0.4, 0.5) is 5.13 Å². The Labute approximate surface area is 179 Å². The Balaban J connectivity index is 1.45. The molecule has 0 atom stereocenters. The molecule has 6 nitrogen and oxygen atoms in total. The molecule has 0 aliphatic rings. The first-order valence-corrected chi connectivity index (χ1v) is 11.3. The molecule has 0 fully saturated rings. The lowest BCUT2D eigenvalue weighted by atomic mass is 10.2. The van der Waals surface area contributed by atoms with Gasteiger partial charge in [-0.2, -0.15) is 0 Å². The molecule has 1 N–H and O–H groups in total. The summed E-state index contributed by atoms with van der Waals surface area (Å²) in [5, 5.41) is 7.27. The zero-order chi connectivity index (χ0) is 20.2. The van der Waals surface area contributed by atoms with Gasteiger partial charge in [-0.05, 0) is 37.3 Å². The molecule has 1 amide bonds. The minimum atomic E-state index is -0.252. The minimum Gasteiger partial charge on any atom is -0.493 e. The molecule has 0 bridgehead atoms. The number of nitrogens with one attached hydrogen (secondary N) is 1. The molecule has 0 saturated carbocycles. The van der Waals surface area contributed by atoms with E-state index in [2.05, 4.69) is 28.3 Å². The first kappa shape index (κ1) is 19.6. The van der Waals surface area contributed by atoms with Gasteiger partial charge in [-0.25, -0.2) is 9.97 Å². The van der Waals surface area contributed by atoms with Gasteiger partial charge in [0, 0.05) is 21.2 Å². The van der Waals surface area contributed by atoms with Crippen molar-refractivity contribution < 1.29 is 14.3 Å². The molecule has 29 heavy (non-hydrogen) atoms. The van der Waals surface area contributed by atoms with E-state index in [-0.39, 0.29) is 5.91 Å². The third-order valence-corrected chi connectivity index (χ3v) is 6.42. The van der Waals surface area contributed by atoms with Crippen molar-refractivity contribution in [2.24, 2.45) is 0 Å². The Morgan fingerprint density at radius 2 is 2.07 bits per heavy atom. The maximum atomic E-state index is 12.6. The Kier molecular flexibility index (Phi) is 5.89. The number of anilines is 1. The standard InChI is InChI=1S/C20H17N3O3S3/c1-12-3-6-18(29-12)15-10-28-20(22-15)23-19(24)13-4-5-16(17(7-13)25-2)26-8-14-9-27-11-21-14/h3-7,9-11H,8H2,1-2H3,(H,22,23,24). The molecule has 0 aliphatic carbocycles. The average Bonchev–Trinajstić information content (AvgIpc) is 3.48. The Morgan fingerprint density at radius 3 is 2.79 bits per heavy atom. The summed E-state index contributed by atoms with van der Waals surface area (Å²) in [5.74, 6) is 0.793. The second-order valence-electron chi connectivity index (χ2n) is 6.04. The summed E-state index contributed by atoms with van der Waals surface area (Å²) in [6, 6.07) is 9.17. The molecular weight excluding hydrogens is 426 g/mol. The van der Waals surface area contributed by atoms with Crippen LogP contribution in [0, 0.1) is 6.92 Å². The number of nitrogens with zero attached hydrogens (tertiary/aromatic N) is 2. The molecule has 3 heterocycles. The number of carbonyl (C=O) groups is 1. The Bertz CT molecular complexity index is 1120. The third-order valence-electron chi connectivity index (χ3n) is 4.00. The van der Waals surface area contributed by atoms with Crippen LogP contribution in [0.5, 0.6) is 11.5 Å².